The van der Waals surface area contributed by atoms with E-state index in [4.69, 9.17) is 5.73 Å². The average Bonchev–Trinajstić information content (AvgIpc) is 2.82. The predicted molar refractivity (Wildman–Crippen MR) is 77.6 cm³/mol. The predicted octanol–water partition coefficient (Wildman–Crippen LogP) is 2.78. The van der Waals surface area contributed by atoms with Crippen molar-refractivity contribution in [3.63, 3.8) is 0 Å². The lowest BCUT2D eigenvalue weighted by Crippen LogP contribution is -2.22. The van der Waals surface area contributed by atoms with E-state index < -0.39 is 0 Å². The Bertz CT molecular complexity index is 565. The molecule has 2 N–H and O–H groups in total. The molecule has 3 heteroatoms. The van der Waals surface area contributed by atoms with Crippen molar-refractivity contribution in [1.82, 2.24) is 9.88 Å². The molecule has 98 valence electrons. The maximum Gasteiger partial charge on any atom is 0.0354 e. The highest BCUT2D eigenvalue weighted by Gasteiger charge is 2.25. The van der Waals surface area contributed by atoms with Crippen molar-refractivity contribution in [2.45, 2.75) is 25.4 Å². The van der Waals surface area contributed by atoms with Crippen LogP contribution in [0.25, 0.3) is 0 Å². The number of nitrogens with zero attached hydrogens (tertiary/aromatic N) is 2. The molecule has 1 aromatic heterocycles. The first-order chi connectivity index (χ1) is 9.24. The van der Waals surface area contributed by atoms with Crippen molar-refractivity contribution < 1.29 is 0 Å². The van der Waals surface area contributed by atoms with Crippen LogP contribution in [0, 0.1) is 0 Å². The van der Waals surface area contributed by atoms with Crippen LogP contribution in [-0.2, 0) is 13.0 Å². The Morgan fingerprint density at radius 2 is 2.26 bits per heavy atom. The Hall–Kier alpha value is -1.87. The van der Waals surface area contributed by atoms with Gasteiger partial charge in [-0.15, -0.1) is 0 Å². The van der Waals surface area contributed by atoms with E-state index in [1.165, 1.54) is 23.1 Å². The molecule has 0 spiro atoms. The summed E-state index contributed by atoms with van der Waals surface area (Å²) in [4.78, 5) is 6.58. The summed E-state index contributed by atoms with van der Waals surface area (Å²) in [5.41, 5.74) is 10.8. The molecule has 0 radical (unpaired) electrons. The molecule has 1 unspecified atom stereocenters. The van der Waals surface area contributed by atoms with Gasteiger partial charge in [-0.1, -0.05) is 12.1 Å². The van der Waals surface area contributed by atoms with Crippen molar-refractivity contribution in [1.29, 1.82) is 0 Å². The largest absolute Gasteiger partial charge is 0.399 e. The van der Waals surface area contributed by atoms with Gasteiger partial charge < -0.3 is 5.73 Å². The van der Waals surface area contributed by atoms with Gasteiger partial charge in [-0.2, -0.15) is 0 Å². The molecular weight excluding hydrogens is 234 g/mol. The Morgan fingerprint density at radius 3 is 3.05 bits per heavy atom. The number of nitrogens with two attached hydrogens (primary N) is 1. The van der Waals surface area contributed by atoms with E-state index in [1.807, 2.05) is 24.5 Å². The summed E-state index contributed by atoms with van der Waals surface area (Å²) in [6.07, 6.45) is 6.06. The summed E-state index contributed by atoms with van der Waals surface area (Å²) in [6, 6.07) is 10.9. The molecule has 0 saturated carbocycles. The van der Waals surface area contributed by atoms with Crippen molar-refractivity contribution in [2.75, 3.05) is 12.8 Å². The summed E-state index contributed by atoms with van der Waals surface area (Å²) < 4.78 is 0. The number of hydrogen-bond donors (Lipinski definition) is 1. The van der Waals surface area contributed by atoms with Crippen molar-refractivity contribution in [2.24, 2.45) is 0 Å². The number of rotatable bonds is 3. The number of hydrogen-bond acceptors (Lipinski definition) is 3. The molecule has 3 rings (SSSR count). The van der Waals surface area contributed by atoms with E-state index in [2.05, 4.69) is 35.1 Å². The van der Waals surface area contributed by atoms with Crippen LogP contribution in [0.15, 0.2) is 42.7 Å². The molecule has 1 aliphatic rings. The number of pyridine rings is 1. The highest BCUT2D eigenvalue weighted by atomic mass is 15.1. The molecule has 1 aromatic carbocycles. The van der Waals surface area contributed by atoms with Gasteiger partial charge in [0.25, 0.3) is 0 Å². The van der Waals surface area contributed by atoms with E-state index in [1.54, 1.807) is 0 Å². The average molecular weight is 253 g/mol. The monoisotopic (exact) mass is 253 g/mol. The molecule has 0 fully saturated rings. The first kappa shape index (κ1) is 12.2. The van der Waals surface area contributed by atoms with Gasteiger partial charge in [0.15, 0.2) is 0 Å². The summed E-state index contributed by atoms with van der Waals surface area (Å²) in [6.45, 7) is 0.933. The zero-order chi connectivity index (χ0) is 13.2. The molecule has 1 heterocycles. The lowest BCUT2D eigenvalue weighted by Gasteiger charge is -2.25. The van der Waals surface area contributed by atoms with Gasteiger partial charge in [0.05, 0.1) is 0 Å². The van der Waals surface area contributed by atoms with E-state index in [0.29, 0.717) is 6.04 Å². The number of benzene rings is 1. The third kappa shape index (κ3) is 2.47. The second-order valence-electron chi connectivity index (χ2n) is 5.29. The van der Waals surface area contributed by atoms with Crippen LogP contribution < -0.4 is 5.73 Å². The van der Waals surface area contributed by atoms with Crippen LogP contribution in [0.5, 0.6) is 0 Å². The molecule has 0 bridgehead atoms. The number of aryl methyl sites for hydroxylation is 1. The second kappa shape index (κ2) is 5.02. The molecular formula is C16H19N3. The number of aromatic nitrogens is 1. The molecule has 3 nitrogen and oxygen atoms in total. The zero-order valence-electron chi connectivity index (χ0n) is 11.2. The van der Waals surface area contributed by atoms with Gasteiger partial charge in [0, 0.05) is 30.7 Å². The van der Waals surface area contributed by atoms with E-state index >= 15 is 0 Å². The normalized spacial score (nSPS) is 17.7. The van der Waals surface area contributed by atoms with Crippen molar-refractivity contribution in [3.8, 4) is 0 Å². The second-order valence-corrected chi connectivity index (χ2v) is 5.29. The minimum absolute atomic E-state index is 0.496. The van der Waals surface area contributed by atoms with Crippen LogP contribution in [0.2, 0.25) is 0 Å². The van der Waals surface area contributed by atoms with E-state index in [9.17, 15) is 0 Å². The van der Waals surface area contributed by atoms with Crippen LogP contribution in [-0.4, -0.2) is 16.9 Å². The fraction of sp³-hybridized carbons (Fsp3) is 0.312. The Morgan fingerprint density at radius 1 is 1.37 bits per heavy atom. The minimum atomic E-state index is 0.496. The first-order valence-electron chi connectivity index (χ1n) is 6.71. The van der Waals surface area contributed by atoms with Crippen LogP contribution >= 0.6 is 0 Å². The number of fused-ring (bicyclic) bond motifs is 1. The maximum absolute atomic E-state index is 5.85. The molecule has 0 amide bonds. The third-order valence-electron chi connectivity index (χ3n) is 3.90. The van der Waals surface area contributed by atoms with Crippen LogP contribution in [0.1, 0.15) is 29.2 Å². The summed E-state index contributed by atoms with van der Waals surface area (Å²) in [5.74, 6) is 0. The Balaban J connectivity index is 1.78. The number of nitrogen functional groups attached to an aromatic ring is 1. The van der Waals surface area contributed by atoms with Gasteiger partial charge in [-0.25, -0.2) is 0 Å². The number of anilines is 1. The van der Waals surface area contributed by atoms with E-state index in [0.717, 1.165) is 18.7 Å². The molecule has 1 atom stereocenters. The molecule has 19 heavy (non-hydrogen) atoms. The topological polar surface area (TPSA) is 42.2 Å². The van der Waals surface area contributed by atoms with E-state index in [-0.39, 0.29) is 0 Å². The van der Waals surface area contributed by atoms with Gasteiger partial charge in [0.1, 0.15) is 0 Å². The first-order valence-corrected chi connectivity index (χ1v) is 6.71. The Kier molecular flexibility index (Phi) is 3.22. The molecule has 2 aromatic rings. The Labute approximate surface area is 114 Å². The van der Waals surface area contributed by atoms with Gasteiger partial charge in [-0.3, -0.25) is 9.88 Å². The molecule has 1 aliphatic carbocycles. The van der Waals surface area contributed by atoms with Gasteiger partial charge >= 0.3 is 0 Å². The highest BCUT2D eigenvalue weighted by molar-refractivity contribution is 5.47. The van der Waals surface area contributed by atoms with Gasteiger partial charge in [-0.05, 0) is 54.8 Å². The summed E-state index contributed by atoms with van der Waals surface area (Å²) in [5, 5.41) is 0. The highest BCUT2D eigenvalue weighted by Crippen LogP contribution is 2.36. The molecule has 0 aliphatic heterocycles. The fourth-order valence-electron chi connectivity index (χ4n) is 2.96. The fourth-order valence-corrected chi connectivity index (χ4v) is 2.96. The lowest BCUT2D eigenvalue weighted by molar-refractivity contribution is 0.236. The zero-order valence-corrected chi connectivity index (χ0v) is 11.2. The van der Waals surface area contributed by atoms with Gasteiger partial charge in [0.2, 0.25) is 0 Å². The van der Waals surface area contributed by atoms with Crippen molar-refractivity contribution in [3.05, 3.63) is 59.4 Å². The summed E-state index contributed by atoms with van der Waals surface area (Å²) >= 11 is 0. The summed E-state index contributed by atoms with van der Waals surface area (Å²) in [7, 11) is 2.18. The standard InChI is InChI=1S/C16H19N3/c1-19(11-12-3-2-8-18-10-12)16-7-4-13-9-14(17)5-6-15(13)16/h2-3,5-6,8-10,16H,4,7,11,17H2,1H3. The lowest BCUT2D eigenvalue weighted by atomic mass is 10.1. The maximum atomic E-state index is 5.85. The third-order valence-corrected chi connectivity index (χ3v) is 3.90. The molecule has 0 saturated heterocycles. The van der Waals surface area contributed by atoms with Crippen molar-refractivity contribution >= 4 is 5.69 Å². The van der Waals surface area contributed by atoms with Crippen LogP contribution in [0.4, 0.5) is 5.69 Å². The quantitative estimate of drug-likeness (QED) is 0.855. The SMILES string of the molecule is CN(Cc1cccnc1)C1CCc2cc(N)ccc21. The smallest absolute Gasteiger partial charge is 0.0354 e. The van der Waals surface area contributed by atoms with Crippen LogP contribution in [0.3, 0.4) is 0 Å². The minimum Gasteiger partial charge on any atom is -0.399 e.